The Balaban J connectivity index is 2.25. The van der Waals surface area contributed by atoms with E-state index in [1.165, 1.54) is 6.07 Å². The number of alkyl halides is 1. The molecule has 0 radical (unpaired) electrons. The van der Waals surface area contributed by atoms with Crippen LogP contribution in [0.15, 0.2) is 30.5 Å². The number of aryl methyl sites for hydroxylation is 2. The van der Waals surface area contributed by atoms with E-state index in [1.807, 2.05) is 13.0 Å². The Morgan fingerprint density at radius 3 is 2.61 bits per heavy atom. The predicted molar refractivity (Wildman–Crippen MR) is 69.7 cm³/mol. The lowest BCUT2D eigenvalue weighted by molar-refractivity contribution is 0.456. The van der Waals surface area contributed by atoms with Gasteiger partial charge >= 0.3 is 0 Å². The summed E-state index contributed by atoms with van der Waals surface area (Å²) in [6, 6.07) is 6.53. The molecule has 1 aromatic carbocycles. The van der Waals surface area contributed by atoms with E-state index in [9.17, 15) is 4.39 Å². The molecular weight excluding hydrogens is 253 g/mol. The number of nitrogens with zero attached hydrogens (tertiary/aromatic N) is 1. The highest BCUT2D eigenvalue weighted by Crippen LogP contribution is 2.25. The number of pyridine rings is 1. The van der Waals surface area contributed by atoms with Crippen molar-refractivity contribution in [2.75, 3.05) is 0 Å². The second-order valence-electron chi connectivity index (χ2n) is 4.11. The number of ether oxygens (including phenoxy) is 1. The monoisotopic (exact) mass is 265 g/mol. The van der Waals surface area contributed by atoms with Gasteiger partial charge in [-0.2, -0.15) is 0 Å². The summed E-state index contributed by atoms with van der Waals surface area (Å²) in [5.41, 5.74) is 2.38. The van der Waals surface area contributed by atoms with Crippen LogP contribution < -0.4 is 4.74 Å². The molecule has 1 aromatic heterocycles. The number of hydrogen-bond donors (Lipinski definition) is 0. The minimum Gasteiger partial charge on any atom is -0.439 e. The molecule has 0 amide bonds. The molecule has 0 aliphatic heterocycles. The third-order valence-corrected chi connectivity index (χ3v) is 2.89. The van der Waals surface area contributed by atoms with Crippen LogP contribution >= 0.6 is 11.6 Å². The van der Waals surface area contributed by atoms with E-state index < -0.39 is 0 Å². The zero-order valence-corrected chi connectivity index (χ0v) is 11.0. The highest BCUT2D eigenvalue weighted by molar-refractivity contribution is 6.17. The lowest BCUT2D eigenvalue weighted by atomic mass is 10.2. The van der Waals surface area contributed by atoms with Gasteiger partial charge in [-0.1, -0.05) is 0 Å². The zero-order chi connectivity index (χ0) is 13.1. The first-order valence-electron chi connectivity index (χ1n) is 5.55. The minimum absolute atomic E-state index is 0.246. The van der Waals surface area contributed by atoms with Gasteiger partial charge in [-0.3, -0.25) is 0 Å². The van der Waals surface area contributed by atoms with Crippen molar-refractivity contribution in [2.24, 2.45) is 0 Å². The van der Waals surface area contributed by atoms with Crippen LogP contribution in [0.4, 0.5) is 4.39 Å². The normalized spacial score (nSPS) is 10.4. The number of hydrogen-bond acceptors (Lipinski definition) is 2. The first kappa shape index (κ1) is 12.8. The molecule has 1 heterocycles. The fraction of sp³-hybridized carbons (Fsp3) is 0.214. The van der Waals surface area contributed by atoms with Crippen molar-refractivity contribution in [3.8, 4) is 11.6 Å². The molecule has 4 heteroatoms. The van der Waals surface area contributed by atoms with E-state index in [2.05, 4.69) is 4.98 Å². The van der Waals surface area contributed by atoms with Crippen molar-refractivity contribution < 1.29 is 9.13 Å². The maximum Gasteiger partial charge on any atom is 0.222 e. The van der Waals surface area contributed by atoms with Crippen LogP contribution in [-0.4, -0.2) is 4.98 Å². The molecule has 0 unspecified atom stereocenters. The molecular formula is C14H13ClFNO. The Morgan fingerprint density at radius 2 is 2.00 bits per heavy atom. The van der Waals surface area contributed by atoms with E-state index in [4.69, 9.17) is 16.3 Å². The van der Waals surface area contributed by atoms with Crippen LogP contribution in [0.5, 0.6) is 11.6 Å². The molecule has 0 aliphatic rings. The molecule has 0 atom stereocenters. The van der Waals surface area contributed by atoms with Crippen molar-refractivity contribution in [2.45, 2.75) is 19.7 Å². The molecule has 2 aromatic rings. The Morgan fingerprint density at radius 1 is 1.22 bits per heavy atom. The summed E-state index contributed by atoms with van der Waals surface area (Å²) in [4.78, 5) is 4.20. The zero-order valence-electron chi connectivity index (χ0n) is 10.2. The maximum absolute atomic E-state index is 13.1. The SMILES string of the molecule is Cc1cc(Oc2ncc(CCl)cc2C)ccc1F. The molecule has 2 nitrogen and oxygen atoms in total. The molecule has 0 saturated heterocycles. The van der Waals surface area contributed by atoms with Gasteiger partial charge in [0.1, 0.15) is 11.6 Å². The quantitative estimate of drug-likeness (QED) is 0.769. The Labute approximate surface area is 110 Å². The molecule has 94 valence electrons. The van der Waals surface area contributed by atoms with Crippen molar-refractivity contribution in [3.63, 3.8) is 0 Å². The smallest absolute Gasteiger partial charge is 0.222 e. The van der Waals surface area contributed by atoms with E-state index in [0.29, 0.717) is 23.1 Å². The van der Waals surface area contributed by atoms with Crippen LogP contribution in [0.25, 0.3) is 0 Å². The van der Waals surface area contributed by atoms with Crippen LogP contribution in [0.3, 0.4) is 0 Å². The van der Waals surface area contributed by atoms with Gasteiger partial charge in [-0.05, 0) is 49.2 Å². The Kier molecular flexibility index (Phi) is 3.82. The fourth-order valence-corrected chi connectivity index (χ4v) is 1.74. The first-order chi connectivity index (χ1) is 8.60. The molecule has 0 N–H and O–H groups in total. The number of halogens is 2. The minimum atomic E-state index is -0.246. The lowest BCUT2D eigenvalue weighted by Crippen LogP contribution is -1.94. The van der Waals surface area contributed by atoms with Gasteiger partial charge in [0.15, 0.2) is 0 Å². The molecule has 0 aliphatic carbocycles. The van der Waals surface area contributed by atoms with Crippen molar-refractivity contribution in [1.82, 2.24) is 4.98 Å². The topological polar surface area (TPSA) is 22.1 Å². The summed E-state index contributed by atoms with van der Waals surface area (Å²) in [5, 5.41) is 0. The highest BCUT2D eigenvalue weighted by Gasteiger charge is 2.06. The molecule has 18 heavy (non-hydrogen) atoms. The second kappa shape index (κ2) is 5.36. The summed E-state index contributed by atoms with van der Waals surface area (Å²) in [6.07, 6.45) is 1.67. The number of aromatic nitrogens is 1. The summed E-state index contributed by atoms with van der Waals surface area (Å²) < 4.78 is 18.8. The first-order valence-corrected chi connectivity index (χ1v) is 6.09. The third-order valence-electron chi connectivity index (χ3n) is 2.59. The van der Waals surface area contributed by atoms with Gasteiger partial charge in [0.25, 0.3) is 0 Å². The van der Waals surface area contributed by atoms with Crippen LogP contribution in [0.1, 0.15) is 16.7 Å². The van der Waals surface area contributed by atoms with E-state index in [0.717, 1.165) is 11.1 Å². The third kappa shape index (κ3) is 2.79. The van der Waals surface area contributed by atoms with Crippen LogP contribution in [0.2, 0.25) is 0 Å². The molecule has 0 saturated carbocycles. The van der Waals surface area contributed by atoms with Gasteiger partial charge in [0.05, 0.1) is 0 Å². The summed E-state index contributed by atoms with van der Waals surface area (Å²) in [7, 11) is 0. The Hall–Kier alpha value is -1.61. The highest BCUT2D eigenvalue weighted by atomic mass is 35.5. The molecule has 0 spiro atoms. The standard InChI is InChI=1S/C14H13ClFNO/c1-9-6-12(3-4-13(9)16)18-14-10(2)5-11(7-15)8-17-14/h3-6,8H,7H2,1-2H3. The van der Waals surface area contributed by atoms with Gasteiger partial charge in [0.2, 0.25) is 5.88 Å². The predicted octanol–water partition coefficient (Wildman–Crippen LogP) is 4.37. The molecule has 0 bridgehead atoms. The van der Waals surface area contributed by atoms with Gasteiger partial charge < -0.3 is 4.74 Å². The van der Waals surface area contributed by atoms with Gasteiger partial charge in [-0.15, -0.1) is 11.6 Å². The number of benzene rings is 1. The Bertz CT molecular complexity index is 572. The van der Waals surface area contributed by atoms with E-state index in [1.54, 1.807) is 25.3 Å². The molecule has 0 fully saturated rings. The van der Waals surface area contributed by atoms with Crippen LogP contribution in [-0.2, 0) is 5.88 Å². The summed E-state index contributed by atoms with van der Waals surface area (Å²) in [5.74, 6) is 1.26. The van der Waals surface area contributed by atoms with Crippen LogP contribution in [0, 0.1) is 19.7 Å². The second-order valence-corrected chi connectivity index (χ2v) is 4.38. The van der Waals surface area contributed by atoms with Crippen molar-refractivity contribution in [1.29, 1.82) is 0 Å². The fourth-order valence-electron chi connectivity index (χ4n) is 1.59. The molecule has 2 rings (SSSR count). The lowest BCUT2D eigenvalue weighted by Gasteiger charge is -2.09. The van der Waals surface area contributed by atoms with Gasteiger partial charge in [-0.25, -0.2) is 9.37 Å². The average Bonchev–Trinajstić information content (AvgIpc) is 2.36. The summed E-state index contributed by atoms with van der Waals surface area (Å²) >= 11 is 5.73. The maximum atomic E-state index is 13.1. The average molecular weight is 266 g/mol. The van der Waals surface area contributed by atoms with E-state index >= 15 is 0 Å². The van der Waals surface area contributed by atoms with E-state index in [-0.39, 0.29) is 5.82 Å². The van der Waals surface area contributed by atoms with Gasteiger partial charge in [0, 0.05) is 17.6 Å². The number of rotatable bonds is 3. The van der Waals surface area contributed by atoms with Crippen molar-refractivity contribution in [3.05, 3.63) is 53.0 Å². The summed E-state index contributed by atoms with van der Waals surface area (Å²) in [6.45, 7) is 3.59. The van der Waals surface area contributed by atoms with Crippen molar-refractivity contribution >= 4 is 11.6 Å². The largest absolute Gasteiger partial charge is 0.439 e.